The third-order valence-electron chi connectivity index (χ3n) is 8.91. The van der Waals surface area contributed by atoms with Crippen molar-refractivity contribution < 1.29 is 37.3 Å². The Balaban J connectivity index is 4.21. The summed E-state index contributed by atoms with van der Waals surface area (Å²) >= 11 is 0. The van der Waals surface area contributed by atoms with Crippen LogP contribution in [0.4, 0.5) is 0 Å². The summed E-state index contributed by atoms with van der Waals surface area (Å²) in [6.45, 7) is 4.73. The van der Waals surface area contributed by atoms with Crippen molar-refractivity contribution in [3.8, 4) is 0 Å². The molecule has 0 saturated heterocycles. The molecule has 9 heteroatoms. The van der Waals surface area contributed by atoms with Crippen LogP contribution in [-0.2, 0) is 27.9 Å². The molecule has 0 heterocycles. The van der Waals surface area contributed by atoms with Gasteiger partial charge in [-0.25, -0.2) is 0 Å². The van der Waals surface area contributed by atoms with Crippen LogP contribution in [0.3, 0.4) is 0 Å². The Morgan fingerprint density at radius 1 is 0.633 bits per heavy atom. The number of ether oxygens (including phenoxy) is 2. The van der Waals surface area contributed by atoms with E-state index >= 15 is 0 Å². The maximum absolute atomic E-state index is 12.5. The van der Waals surface area contributed by atoms with Crippen LogP contribution in [0.2, 0.25) is 0 Å². The predicted molar refractivity (Wildman–Crippen MR) is 203 cm³/mol. The normalized spacial score (nSPS) is 13.9. The molecule has 0 bridgehead atoms. The highest BCUT2D eigenvalue weighted by molar-refractivity contribution is 7.45. The molecule has 0 aromatic heterocycles. The summed E-state index contributed by atoms with van der Waals surface area (Å²) in [5.41, 5.74) is 0. The molecule has 0 aromatic carbocycles. The van der Waals surface area contributed by atoms with E-state index in [0.717, 1.165) is 32.1 Å². The fraction of sp³-hybridized carbons (Fsp3) is 0.925. The minimum atomic E-state index is -4.53. The molecule has 0 saturated carbocycles. The summed E-state index contributed by atoms with van der Waals surface area (Å²) in [7, 11) is 1.33. The Morgan fingerprint density at radius 3 is 1.51 bits per heavy atom. The van der Waals surface area contributed by atoms with Gasteiger partial charge in [0.1, 0.15) is 19.8 Å². The summed E-state index contributed by atoms with van der Waals surface area (Å²) < 4.78 is 34.2. The van der Waals surface area contributed by atoms with E-state index in [-0.39, 0.29) is 25.8 Å². The molecule has 0 N–H and O–H groups in total. The lowest BCUT2D eigenvalue weighted by molar-refractivity contribution is -0.870. The number of hydrogen-bond acceptors (Lipinski definition) is 7. The molecule has 292 valence electrons. The highest BCUT2D eigenvalue weighted by Crippen LogP contribution is 2.38. The molecule has 0 aromatic rings. The number of phosphoric ester groups is 1. The van der Waals surface area contributed by atoms with E-state index in [1.54, 1.807) is 6.26 Å². The number of nitrogens with zero attached hydrogens (tertiary/aromatic N) is 1. The number of unbranched alkanes of at least 4 members (excludes halogenated alkanes) is 24. The molecule has 0 aliphatic carbocycles. The van der Waals surface area contributed by atoms with Crippen molar-refractivity contribution in [1.29, 1.82) is 0 Å². The van der Waals surface area contributed by atoms with Gasteiger partial charge in [0.05, 0.1) is 34.0 Å². The number of carbonyl (C=O) groups is 1. The van der Waals surface area contributed by atoms with Crippen molar-refractivity contribution in [2.45, 2.75) is 193 Å². The number of phosphoric acid groups is 1. The van der Waals surface area contributed by atoms with Crippen molar-refractivity contribution in [3.05, 3.63) is 12.3 Å². The zero-order valence-electron chi connectivity index (χ0n) is 32.9. The van der Waals surface area contributed by atoms with Gasteiger partial charge in [-0.15, -0.1) is 0 Å². The quantitative estimate of drug-likeness (QED) is 0.0206. The molecule has 0 aliphatic heterocycles. The fourth-order valence-electron chi connectivity index (χ4n) is 5.69. The molecular weight excluding hydrogens is 637 g/mol. The first-order chi connectivity index (χ1) is 23.6. The van der Waals surface area contributed by atoms with Crippen molar-refractivity contribution in [2.24, 2.45) is 0 Å². The first kappa shape index (κ1) is 48.1. The van der Waals surface area contributed by atoms with E-state index in [1.165, 1.54) is 135 Å². The zero-order chi connectivity index (χ0) is 36.3. The Bertz CT molecular complexity index is 802. The average Bonchev–Trinajstić information content (AvgIpc) is 3.04. The van der Waals surface area contributed by atoms with Crippen LogP contribution < -0.4 is 4.89 Å². The molecular formula is C40H80NO7P. The first-order valence-corrected chi connectivity index (χ1v) is 21.9. The summed E-state index contributed by atoms with van der Waals surface area (Å²) in [6, 6.07) is 0. The highest BCUT2D eigenvalue weighted by Gasteiger charge is 2.20. The molecule has 0 rings (SSSR count). The third-order valence-corrected chi connectivity index (χ3v) is 9.88. The van der Waals surface area contributed by atoms with Gasteiger partial charge >= 0.3 is 5.97 Å². The van der Waals surface area contributed by atoms with Crippen LogP contribution in [0.1, 0.15) is 187 Å². The second-order valence-corrected chi connectivity index (χ2v) is 16.5. The third kappa shape index (κ3) is 38.1. The van der Waals surface area contributed by atoms with Gasteiger partial charge in [-0.05, 0) is 25.3 Å². The van der Waals surface area contributed by atoms with E-state index < -0.39 is 13.9 Å². The first-order valence-electron chi connectivity index (χ1n) is 20.5. The van der Waals surface area contributed by atoms with Crippen LogP contribution in [-0.4, -0.2) is 64.1 Å². The van der Waals surface area contributed by atoms with Crippen molar-refractivity contribution in [3.63, 3.8) is 0 Å². The second-order valence-electron chi connectivity index (χ2n) is 15.1. The molecule has 1 unspecified atom stereocenters. The summed E-state index contributed by atoms with van der Waals surface area (Å²) in [5.74, 6) is -0.357. The minimum absolute atomic E-state index is 0.0198. The standard InChI is InChI=1S/C40H80NO7P/c1-6-8-10-12-14-16-17-18-19-20-21-22-23-24-26-28-30-32-35-45-37-39(38-47-49(43,44)46-36-34-41(3,4)5)48-40(42)33-31-29-27-25-15-13-11-9-7-2/h32,35,39H,6-31,33-34,36-38H2,1-5H3/b35-32-/t39-/m1/s1. The number of likely N-dealkylation sites (N-methyl/N-ethyl adjacent to an activating group) is 1. The number of allylic oxidation sites excluding steroid dienone is 1. The molecule has 8 nitrogen and oxygen atoms in total. The van der Waals surface area contributed by atoms with Gasteiger partial charge in [0, 0.05) is 6.42 Å². The largest absolute Gasteiger partial charge is 0.756 e. The highest BCUT2D eigenvalue weighted by atomic mass is 31.2. The van der Waals surface area contributed by atoms with Crippen LogP contribution in [0.5, 0.6) is 0 Å². The lowest BCUT2D eigenvalue weighted by Crippen LogP contribution is -2.37. The maximum atomic E-state index is 12.5. The molecule has 0 spiro atoms. The Hall–Kier alpha value is -0.920. The Morgan fingerprint density at radius 2 is 1.06 bits per heavy atom. The van der Waals surface area contributed by atoms with Gasteiger partial charge in [0.25, 0.3) is 7.82 Å². The number of quaternary nitrogens is 1. The molecule has 0 radical (unpaired) electrons. The number of rotatable bonds is 38. The average molecular weight is 718 g/mol. The lowest BCUT2D eigenvalue weighted by Gasteiger charge is -2.28. The molecule has 2 atom stereocenters. The summed E-state index contributed by atoms with van der Waals surface area (Å²) in [6.07, 6.45) is 36.1. The number of hydrogen-bond donors (Lipinski definition) is 0. The van der Waals surface area contributed by atoms with Gasteiger partial charge in [-0.1, -0.05) is 162 Å². The summed E-state index contributed by atoms with van der Waals surface area (Å²) in [4.78, 5) is 24.8. The van der Waals surface area contributed by atoms with E-state index in [1.807, 2.05) is 27.2 Å². The number of esters is 1. The lowest BCUT2D eigenvalue weighted by atomic mass is 10.0. The molecule has 0 fully saturated rings. The monoisotopic (exact) mass is 718 g/mol. The molecule has 49 heavy (non-hydrogen) atoms. The van der Waals surface area contributed by atoms with Crippen LogP contribution in [0, 0.1) is 0 Å². The van der Waals surface area contributed by atoms with Gasteiger partial charge in [-0.2, -0.15) is 0 Å². The van der Waals surface area contributed by atoms with Crippen LogP contribution >= 0.6 is 7.82 Å². The van der Waals surface area contributed by atoms with Crippen molar-refractivity contribution in [1.82, 2.24) is 0 Å². The smallest absolute Gasteiger partial charge is 0.306 e. The zero-order valence-corrected chi connectivity index (χ0v) is 33.8. The van der Waals surface area contributed by atoms with E-state index in [9.17, 15) is 14.3 Å². The van der Waals surface area contributed by atoms with Gasteiger partial charge < -0.3 is 27.9 Å². The molecule has 0 aliphatic rings. The number of carbonyl (C=O) groups excluding carboxylic acids is 1. The predicted octanol–water partition coefficient (Wildman–Crippen LogP) is 11.2. The van der Waals surface area contributed by atoms with Crippen LogP contribution in [0.15, 0.2) is 12.3 Å². The topological polar surface area (TPSA) is 94.1 Å². The Labute approximate surface area is 303 Å². The van der Waals surface area contributed by atoms with Gasteiger partial charge in [0.15, 0.2) is 6.10 Å². The van der Waals surface area contributed by atoms with E-state index in [0.29, 0.717) is 17.4 Å². The van der Waals surface area contributed by atoms with Gasteiger partial charge in [-0.3, -0.25) is 9.36 Å². The van der Waals surface area contributed by atoms with E-state index in [2.05, 4.69) is 13.8 Å². The van der Waals surface area contributed by atoms with E-state index in [4.69, 9.17) is 18.5 Å². The molecule has 0 amide bonds. The minimum Gasteiger partial charge on any atom is -0.756 e. The van der Waals surface area contributed by atoms with Crippen molar-refractivity contribution in [2.75, 3.05) is 47.5 Å². The van der Waals surface area contributed by atoms with Crippen molar-refractivity contribution >= 4 is 13.8 Å². The maximum Gasteiger partial charge on any atom is 0.306 e. The summed E-state index contributed by atoms with van der Waals surface area (Å²) in [5, 5.41) is 0. The van der Waals surface area contributed by atoms with Crippen LogP contribution in [0.25, 0.3) is 0 Å². The Kier molecular flexibility index (Phi) is 33.5. The fourth-order valence-corrected chi connectivity index (χ4v) is 6.42. The second kappa shape index (κ2) is 34.2. The SMILES string of the molecule is CCCCCCCCCCCCCCCCCC/C=C\OC[C@H](COP(=O)([O-])OCC[N+](C)(C)C)OC(=O)CCCCCCCCCCC. The van der Waals surface area contributed by atoms with Gasteiger partial charge in [0.2, 0.25) is 0 Å².